The maximum Gasteiger partial charge on any atom is 0.122 e. The van der Waals surface area contributed by atoms with E-state index in [2.05, 4.69) is 44.1 Å². The smallest absolute Gasteiger partial charge is 0.122 e. The molecule has 1 aromatic rings. The minimum atomic E-state index is -0.563. The van der Waals surface area contributed by atoms with Crippen LogP contribution in [0.1, 0.15) is 56.9 Å². The lowest BCUT2D eigenvalue weighted by Gasteiger charge is -2.49. The highest BCUT2D eigenvalue weighted by Gasteiger charge is 2.57. The standard InChI is InChI=1S/C20H31NO2/c1-19-11-6-9-17(20(19,22)13-7-12-19)16-8-4-5-10-18(16)23-15-14-21(2)3/h4-5,8,10,17,22H,6-7,9,11-15H2,1-3H3. The van der Waals surface area contributed by atoms with E-state index in [1.807, 2.05) is 6.07 Å². The van der Waals surface area contributed by atoms with Crippen LogP contribution < -0.4 is 4.74 Å². The van der Waals surface area contributed by atoms with Gasteiger partial charge < -0.3 is 14.7 Å². The predicted molar refractivity (Wildman–Crippen MR) is 94.0 cm³/mol. The van der Waals surface area contributed by atoms with Crippen LogP contribution in [0.25, 0.3) is 0 Å². The second-order valence-electron chi connectivity index (χ2n) is 7.97. The molecule has 0 spiro atoms. The zero-order chi connectivity index (χ0) is 16.5. The molecule has 0 radical (unpaired) electrons. The van der Waals surface area contributed by atoms with Gasteiger partial charge >= 0.3 is 0 Å². The number of hydrogen-bond donors (Lipinski definition) is 1. The fourth-order valence-corrected chi connectivity index (χ4v) is 4.79. The van der Waals surface area contributed by atoms with Gasteiger partial charge in [0.05, 0.1) is 5.60 Å². The van der Waals surface area contributed by atoms with Gasteiger partial charge in [0.15, 0.2) is 0 Å². The zero-order valence-electron chi connectivity index (χ0n) is 14.8. The number of benzene rings is 1. The van der Waals surface area contributed by atoms with Crippen molar-refractivity contribution < 1.29 is 9.84 Å². The van der Waals surface area contributed by atoms with Gasteiger partial charge in [-0.25, -0.2) is 0 Å². The van der Waals surface area contributed by atoms with Gasteiger partial charge in [-0.15, -0.1) is 0 Å². The lowest BCUT2D eigenvalue weighted by molar-refractivity contribution is -0.0996. The second kappa shape index (κ2) is 6.45. The topological polar surface area (TPSA) is 32.7 Å². The van der Waals surface area contributed by atoms with Crippen molar-refractivity contribution in [2.24, 2.45) is 5.41 Å². The van der Waals surface area contributed by atoms with Crippen LogP contribution in [0.3, 0.4) is 0 Å². The molecule has 3 nitrogen and oxygen atoms in total. The van der Waals surface area contributed by atoms with E-state index in [1.54, 1.807) is 0 Å². The molecule has 2 saturated carbocycles. The molecule has 0 aliphatic heterocycles. The van der Waals surface area contributed by atoms with Gasteiger partial charge in [0.2, 0.25) is 0 Å². The number of nitrogens with zero attached hydrogens (tertiary/aromatic N) is 1. The summed E-state index contributed by atoms with van der Waals surface area (Å²) in [4.78, 5) is 2.13. The Kier molecular flexibility index (Phi) is 4.70. The Labute approximate surface area is 140 Å². The Bertz CT molecular complexity index is 544. The van der Waals surface area contributed by atoms with Crippen molar-refractivity contribution in [3.63, 3.8) is 0 Å². The number of fused-ring (bicyclic) bond motifs is 1. The van der Waals surface area contributed by atoms with Gasteiger partial charge in [0.1, 0.15) is 12.4 Å². The Morgan fingerprint density at radius 1 is 1.17 bits per heavy atom. The SMILES string of the molecule is CN(C)CCOc1ccccc1C1CCCC2(C)CCCC12O. The molecule has 0 aromatic heterocycles. The van der Waals surface area contributed by atoms with E-state index in [4.69, 9.17) is 4.74 Å². The molecular weight excluding hydrogens is 286 g/mol. The molecule has 1 aromatic carbocycles. The van der Waals surface area contributed by atoms with Crippen LogP contribution in [-0.2, 0) is 0 Å². The van der Waals surface area contributed by atoms with Crippen LogP contribution in [-0.4, -0.2) is 42.9 Å². The van der Waals surface area contributed by atoms with Crippen molar-refractivity contribution in [2.45, 2.75) is 57.0 Å². The van der Waals surface area contributed by atoms with E-state index in [1.165, 1.54) is 12.0 Å². The number of para-hydroxylation sites is 1. The average Bonchev–Trinajstić information content (AvgIpc) is 2.82. The molecule has 23 heavy (non-hydrogen) atoms. The minimum Gasteiger partial charge on any atom is -0.492 e. The van der Waals surface area contributed by atoms with Crippen LogP contribution >= 0.6 is 0 Å². The maximum absolute atomic E-state index is 11.6. The van der Waals surface area contributed by atoms with Crippen molar-refractivity contribution in [2.75, 3.05) is 27.2 Å². The van der Waals surface area contributed by atoms with Gasteiger partial charge in [-0.1, -0.05) is 31.5 Å². The predicted octanol–water partition coefficient (Wildman–Crippen LogP) is 3.82. The highest BCUT2D eigenvalue weighted by atomic mass is 16.5. The van der Waals surface area contributed by atoms with E-state index in [0.29, 0.717) is 6.61 Å². The van der Waals surface area contributed by atoms with Crippen molar-refractivity contribution in [3.8, 4) is 5.75 Å². The minimum absolute atomic E-state index is 0.0761. The summed E-state index contributed by atoms with van der Waals surface area (Å²) < 4.78 is 6.07. The molecule has 0 amide bonds. The van der Waals surface area contributed by atoms with E-state index in [-0.39, 0.29) is 11.3 Å². The summed E-state index contributed by atoms with van der Waals surface area (Å²) in [5, 5.41) is 11.6. The lowest BCUT2D eigenvalue weighted by Crippen LogP contribution is -2.49. The Balaban J connectivity index is 1.86. The third-order valence-corrected chi connectivity index (χ3v) is 6.22. The third-order valence-electron chi connectivity index (χ3n) is 6.22. The molecule has 3 unspecified atom stereocenters. The maximum atomic E-state index is 11.6. The first-order chi connectivity index (χ1) is 11.0. The summed E-state index contributed by atoms with van der Waals surface area (Å²) in [6.07, 6.45) is 6.66. The summed E-state index contributed by atoms with van der Waals surface area (Å²) >= 11 is 0. The fourth-order valence-electron chi connectivity index (χ4n) is 4.79. The number of likely N-dealkylation sites (N-methyl/N-ethyl adjacent to an activating group) is 1. The average molecular weight is 317 g/mol. The summed E-state index contributed by atoms with van der Waals surface area (Å²) in [5.74, 6) is 1.17. The summed E-state index contributed by atoms with van der Waals surface area (Å²) in [5.41, 5.74) is 0.723. The largest absolute Gasteiger partial charge is 0.492 e. The summed E-state index contributed by atoms with van der Waals surface area (Å²) in [7, 11) is 4.12. The van der Waals surface area contributed by atoms with Gasteiger partial charge in [0.25, 0.3) is 0 Å². The number of hydrogen-bond acceptors (Lipinski definition) is 3. The van der Waals surface area contributed by atoms with E-state index >= 15 is 0 Å². The quantitative estimate of drug-likeness (QED) is 0.896. The lowest BCUT2D eigenvalue weighted by atomic mass is 9.59. The first kappa shape index (κ1) is 16.8. The van der Waals surface area contributed by atoms with Crippen molar-refractivity contribution in [1.29, 1.82) is 0 Å². The molecule has 1 N–H and O–H groups in total. The summed E-state index contributed by atoms with van der Waals surface area (Å²) in [6, 6.07) is 8.35. The normalized spacial score (nSPS) is 33.7. The third kappa shape index (κ3) is 3.01. The molecule has 0 saturated heterocycles. The van der Waals surface area contributed by atoms with E-state index < -0.39 is 5.60 Å². The number of aliphatic hydroxyl groups is 1. The van der Waals surface area contributed by atoms with Crippen LogP contribution in [0.5, 0.6) is 5.75 Å². The molecular formula is C20H31NO2. The molecule has 0 bridgehead atoms. The number of ether oxygens (including phenoxy) is 1. The molecule has 2 aliphatic carbocycles. The van der Waals surface area contributed by atoms with Crippen molar-refractivity contribution >= 4 is 0 Å². The summed E-state index contributed by atoms with van der Waals surface area (Å²) in [6.45, 7) is 3.88. The Hall–Kier alpha value is -1.06. The molecule has 3 atom stereocenters. The first-order valence-electron chi connectivity index (χ1n) is 9.05. The monoisotopic (exact) mass is 317 g/mol. The number of rotatable bonds is 5. The van der Waals surface area contributed by atoms with E-state index in [9.17, 15) is 5.11 Å². The van der Waals surface area contributed by atoms with Crippen LogP contribution in [0, 0.1) is 5.41 Å². The molecule has 2 aliphatic rings. The van der Waals surface area contributed by atoms with Crippen molar-refractivity contribution in [1.82, 2.24) is 4.90 Å². The van der Waals surface area contributed by atoms with Gasteiger partial charge in [0, 0.05) is 18.0 Å². The first-order valence-corrected chi connectivity index (χ1v) is 9.05. The molecule has 0 heterocycles. The van der Waals surface area contributed by atoms with Crippen LogP contribution in [0.15, 0.2) is 24.3 Å². The van der Waals surface area contributed by atoms with Crippen molar-refractivity contribution in [3.05, 3.63) is 29.8 Å². The van der Waals surface area contributed by atoms with E-state index in [0.717, 1.165) is 44.4 Å². The molecule has 128 valence electrons. The molecule has 3 rings (SSSR count). The van der Waals surface area contributed by atoms with Crippen LogP contribution in [0.4, 0.5) is 0 Å². The molecule has 2 fully saturated rings. The zero-order valence-corrected chi connectivity index (χ0v) is 14.8. The van der Waals surface area contributed by atoms with Gasteiger partial charge in [-0.2, -0.15) is 0 Å². The highest BCUT2D eigenvalue weighted by molar-refractivity contribution is 5.39. The van der Waals surface area contributed by atoms with Gasteiger partial charge in [-0.3, -0.25) is 0 Å². The Morgan fingerprint density at radius 3 is 2.70 bits per heavy atom. The second-order valence-corrected chi connectivity index (χ2v) is 7.97. The Morgan fingerprint density at radius 2 is 1.91 bits per heavy atom. The van der Waals surface area contributed by atoms with Gasteiger partial charge in [-0.05, 0) is 57.7 Å². The molecule has 3 heteroatoms. The van der Waals surface area contributed by atoms with Crippen LogP contribution in [0.2, 0.25) is 0 Å². The highest BCUT2D eigenvalue weighted by Crippen LogP contribution is 2.60. The fraction of sp³-hybridized carbons (Fsp3) is 0.700.